The van der Waals surface area contributed by atoms with Crippen molar-refractivity contribution >= 4 is 34.8 Å². The van der Waals surface area contributed by atoms with Crippen LogP contribution in [0.3, 0.4) is 0 Å². The molecule has 12 heteroatoms. The van der Waals surface area contributed by atoms with Crippen LogP contribution in [-0.4, -0.2) is 65.7 Å². The molecule has 3 aliphatic rings. The normalized spacial score (nSPS) is 19.9. The fourth-order valence-electron chi connectivity index (χ4n) is 8.87. The molecule has 3 saturated heterocycles. The standard InChI is InChI=1S/C50H56N6O6/c51-43-16-4-5-17-44(43)54-47(59)19-7-6-18-46(58)52-31-36-10-8-11-38(28-36)39-12-9-13-40(29-39)48-61-42(30-45(62-48)37-22-20-35(33-57)21-23-37)32-55-26-24-50(25-27-55)49(60)53-34-56(50)41-14-2-1-3-15-41/h1-5,8-17,20-23,28-29,42,45,48,57H,6-7,18-19,24-27,30-34,51H2,(H,52,58)(H,53,60)(H,54,59). The molecular formula is C50H56N6O6. The van der Waals surface area contributed by atoms with Crippen molar-refractivity contribution in [3.63, 3.8) is 0 Å². The average molecular weight is 837 g/mol. The zero-order valence-electron chi connectivity index (χ0n) is 35.0. The highest BCUT2D eigenvalue weighted by atomic mass is 16.7. The fraction of sp³-hybridized carbons (Fsp3) is 0.340. The number of nitrogens with one attached hydrogen (secondary N) is 3. The third-order valence-electron chi connectivity index (χ3n) is 12.4. The number of rotatable bonds is 15. The van der Waals surface area contributed by atoms with Crippen molar-refractivity contribution in [2.75, 3.05) is 42.3 Å². The SMILES string of the molecule is Nc1ccccc1NC(=O)CCCCC(=O)NCc1cccc(-c2cccc(C3OC(CN4CCC5(CC4)C(=O)NCN5c4ccccc4)CC(c4ccc(CO)cc4)O3)c2)c1. The largest absolute Gasteiger partial charge is 0.397 e. The lowest BCUT2D eigenvalue weighted by atomic mass is 9.85. The minimum absolute atomic E-state index is 0.0231. The molecule has 3 heterocycles. The number of nitrogens with zero attached hydrogens (tertiary/aromatic N) is 2. The predicted octanol–water partition coefficient (Wildman–Crippen LogP) is 7.22. The van der Waals surface area contributed by atoms with Gasteiger partial charge in [-0.15, -0.1) is 0 Å². The summed E-state index contributed by atoms with van der Waals surface area (Å²) in [6.07, 6.45) is 2.98. The molecule has 0 aliphatic carbocycles. The summed E-state index contributed by atoms with van der Waals surface area (Å²) in [4.78, 5) is 43.1. The number of likely N-dealkylation sites (tertiary alicyclic amines) is 1. The van der Waals surface area contributed by atoms with Crippen molar-refractivity contribution in [1.29, 1.82) is 0 Å². The Bertz CT molecular complexity index is 2310. The lowest BCUT2D eigenvalue weighted by Crippen LogP contribution is -2.57. The summed E-state index contributed by atoms with van der Waals surface area (Å²) in [5.41, 5.74) is 13.3. The van der Waals surface area contributed by atoms with Gasteiger partial charge in [-0.2, -0.15) is 0 Å². The van der Waals surface area contributed by atoms with E-state index in [0.29, 0.717) is 63.2 Å². The highest BCUT2D eigenvalue weighted by Gasteiger charge is 2.50. The molecule has 0 bridgehead atoms. The highest BCUT2D eigenvalue weighted by Crippen LogP contribution is 2.41. The van der Waals surface area contributed by atoms with Crippen LogP contribution in [0.4, 0.5) is 17.1 Å². The molecule has 0 radical (unpaired) electrons. The first kappa shape index (κ1) is 42.6. The van der Waals surface area contributed by atoms with E-state index in [1.54, 1.807) is 12.1 Å². The highest BCUT2D eigenvalue weighted by molar-refractivity contribution is 5.94. The average Bonchev–Trinajstić information content (AvgIpc) is 3.62. The van der Waals surface area contributed by atoms with Crippen LogP contribution in [0.2, 0.25) is 0 Å². The number of hydrogen-bond donors (Lipinski definition) is 5. The first-order valence-corrected chi connectivity index (χ1v) is 21.7. The molecule has 3 fully saturated rings. The molecule has 3 aliphatic heterocycles. The van der Waals surface area contributed by atoms with E-state index < -0.39 is 11.8 Å². The topological polar surface area (TPSA) is 158 Å². The van der Waals surface area contributed by atoms with Crippen LogP contribution in [0, 0.1) is 0 Å². The number of aliphatic hydroxyl groups excluding tert-OH is 1. The number of anilines is 3. The third kappa shape index (κ3) is 10.2. The minimum atomic E-state index is -0.619. The molecule has 322 valence electrons. The van der Waals surface area contributed by atoms with Gasteiger partial charge in [-0.1, -0.05) is 91.0 Å². The van der Waals surface area contributed by atoms with Crippen LogP contribution in [0.1, 0.15) is 79.6 Å². The number of unbranched alkanes of at least 4 members (excludes halogenated alkanes) is 1. The molecule has 0 aromatic heterocycles. The Kier molecular flexibility index (Phi) is 13.6. The van der Waals surface area contributed by atoms with Gasteiger partial charge in [0.05, 0.1) is 36.9 Å². The van der Waals surface area contributed by atoms with E-state index in [-0.39, 0.29) is 36.5 Å². The maximum Gasteiger partial charge on any atom is 0.247 e. The summed E-state index contributed by atoms with van der Waals surface area (Å²) in [5, 5.41) is 18.7. The van der Waals surface area contributed by atoms with Gasteiger partial charge >= 0.3 is 0 Å². The second-order valence-electron chi connectivity index (χ2n) is 16.6. The molecule has 62 heavy (non-hydrogen) atoms. The molecule has 6 N–H and O–H groups in total. The van der Waals surface area contributed by atoms with E-state index in [4.69, 9.17) is 15.2 Å². The summed E-state index contributed by atoms with van der Waals surface area (Å²) in [6, 6.07) is 41.6. The Balaban J connectivity index is 0.890. The summed E-state index contributed by atoms with van der Waals surface area (Å²) in [5.74, 6) is -0.0811. The van der Waals surface area contributed by atoms with Gasteiger partial charge in [0.1, 0.15) is 5.54 Å². The molecule has 0 saturated carbocycles. The smallest absolute Gasteiger partial charge is 0.247 e. The van der Waals surface area contributed by atoms with Crippen molar-refractivity contribution in [3.05, 3.63) is 150 Å². The zero-order valence-corrected chi connectivity index (χ0v) is 35.0. The van der Waals surface area contributed by atoms with E-state index >= 15 is 0 Å². The summed E-state index contributed by atoms with van der Waals surface area (Å²) in [6.45, 7) is 3.13. The number of ether oxygens (including phenoxy) is 2. The molecule has 3 unspecified atom stereocenters. The monoisotopic (exact) mass is 836 g/mol. The number of para-hydroxylation sites is 3. The first-order chi connectivity index (χ1) is 30.3. The van der Waals surface area contributed by atoms with Crippen molar-refractivity contribution in [2.45, 2.75) is 82.1 Å². The Labute approximate surface area is 363 Å². The predicted molar refractivity (Wildman–Crippen MR) is 240 cm³/mol. The summed E-state index contributed by atoms with van der Waals surface area (Å²) < 4.78 is 13.5. The Morgan fingerprint density at radius 1 is 0.774 bits per heavy atom. The van der Waals surface area contributed by atoms with Gasteiger partial charge in [-0.25, -0.2) is 0 Å². The van der Waals surface area contributed by atoms with Gasteiger partial charge in [0.2, 0.25) is 17.7 Å². The number of carbonyl (C=O) groups is 3. The number of hydrogen-bond acceptors (Lipinski definition) is 9. The summed E-state index contributed by atoms with van der Waals surface area (Å²) >= 11 is 0. The second kappa shape index (κ2) is 19.8. The van der Waals surface area contributed by atoms with Crippen molar-refractivity contribution in [1.82, 2.24) is 15.5 Å². The van der Waals surface area contributed by atoms with Gasteiger partial charge in [-0.3, -0.25) is 14.4 Å². The number of benzene rings is 5. The summed E-state index contributed by atoms with van der Waals surface area (Å²) in [7, 11) is 0. The Morgan fingerprint density at radius 2 is 1.48 bits per heavy atom. The van der Waals surface area contributed by atoms with Crippen molar-refractivity contribution in [3.8, 4) is 11.1 Å². The zero-order chi connectivity index (χ0) is 42.9. The van der Waals surface area contributed by atoms with E-state index in [1.807, 2.05) is 78.9 Å². The molecule has 8 rings (SSSR count). The molecule has 1 spiro atoms. The lowest BCUT2D eigenvalue weighted by Gasteiger charge is -2.45. The number of piperidine rings is 1. The number of amides is 3. The van der Waals surface area contributed by atoms with Crippen LogP contribution >= 0.6 is 0 Å². The van der Waals surface area contributed by atoms with Gasteiger partial charge in [0.25, 0.3) is 0 Å². The molecule has 3 amide bonds. The molecule has 12 nitrogen and oxygen atoms in total. The maximum absolute atomic E-state index is 13.3. The van der Waals surface area contributed by atoms with Crippen LogP contribution in [0.25, 0.3) is 11.1 Å². The van der Waals surface area contributed by atoms with Crippen LogP contribution in [0.5, 0.6) is 0 Å². The number of nitrogens with two attached hydrogens (primary N) is 1. The van der Waals surface area contributed by atoms with E-state index in [0.717, 1.165) is 65.0 Å². The number of nitrogen functional groups attached to an aromatic ring is 1. The number of aliphatic hydroxyl groups is 1. The molecular weight excluding hydrogens is 781 g/mol. The minimum Gasteiger partial charge on any atom is -0.397 e. The van der Waals surface area contributed by atoms with Crippen molar-refractivity contribution < 1.29 is 29.0 Å². The van der Waals surface area contributed by atoms with E-state index in [2.05, 4.69) is 62.1 Å². The van der Waals surface area contributed by atoms with Gasteiger partial charge in [-0.05, 0) is 89.9 Å². The van der Waals surface area contributed by atoms with E-state index in [1.165, 1.54) is 0 Å². The first-order valence-electron chi connectivity index (χ1n) is 21.7. The molecule has 5 aromatic carbocycles. The Morgan fingerprint density at radius 3 is 2.24 bits per heavy atom. The van der Waals surface area contributed by atoms with Gasteiger partial charge < -0.3 is 46.1 Å². The van der Waals surface area contributed by atoms with Gasteiger partial charge in [0.15, 0.2) is 6.29 Å². The molecule has 3 atom stereocenters. The van der Waals surface area contributed by atoms with E-state index in [9.17, 15) is 19.5 Å². The van der Waals surface area contributed by atoms with Crippen LogP contribution in [-0.2, 0) is 37.0 Å². The maximum atomic E-state index is 13.3. The molecule has 5 aromatic rings. The van der Waals surface area contributed by atoms with Crippen LogP contribution < -0.4 is 26.6 Å². The lowest BCUT2D eigenvalue weighted by molar-refractivity contribution is -0.253. The Hall–Kier alpha value is -6.05. The quantitative estimate of drug-likeness (QED) is 0.0543. The van der Waals surface area contributed by atoms with Gasteiger partial charge in [0, 0.05) is 56.7 Å². The second-order valence-corrected chi connectivity index (χ2v) is 16.6. The van der Waals surface area contributed by atoms with Crippen molar-refractivity contribution in [2.24, 2.45) is 0 Å². The van der Waals surface area contributed by atoms with Crippen LogP contribution in [0.15, 0.2) is 127 Å². The third-order valence-corrected chi connectivity index (χ3v) is 12.4. The fourth-order valence-corrected chi connectivity index (χ4v) is 8.87. The number of carbonyl (C=O) groups excluding carboxylic acids is 3.